The third-order valence-electron chi connectivity index (χ3n) is 9.81. The fourth-order valence-corrected chi connectivity index (χ4v) is 7.57. The van der Waals surface area contributed by atoms with Crippen LogP contribution in [0.5, 0.6) is 5.75 Å². The molecule has 4 aliphatic rings. The van der Waals surface area contributed by atoms with E-state index in [-0.39, 0.29) is 24.3 Å². The highest BCUT2D eigenvalue weighted by Gasteiger charge is 2.39. The minimum atomic E-state index is -0.612. The van der Waals surface area contributed by atoms with E-state index in [1.54, 1.807) is 18.1 Å². The normalized spacial score (nSPS) is 25.8. The zero-order chi connectivity index (χ0) is 30.2. The van der Waals surface area contributed by atoms with Gasteiger partial charge in [0.05, 0.1) is 5.52 Å². The summed E-state index contributed by atoms with van der Waals surface area (Å²) in [7, 11) is 1.80. The third kappa shape index (κ3) is 5.95. The molecule has 9 heteroatoms. The maximum absolute atomic E-state index is 13.0. The van der Waals surface area contributed by atoms with Crippen molar-refractivity contribution in [2.75, 3.05) is 26.8 Å². The van der Waals surface area contributed by atoms with Crippen LogP contribution in [0.2, 0.25) is 0 Å². The number of piperidine rings is 1. The summed E-state index contributed by atoms with van der Waals surface area (Å²) in [6, 6.07) is 16.1. The van der Waals surface area contributed by atoms with Gasteiger partial charge in [0.15, 0.2) is 0 Å². The molecule has 3 fully saturated rings. The van der Waals surface area contributed by atoms with Gasteiger partial charge in [-0.15, -0.1) is 0 Å². The number of rotatable bonds is 8. The van der Waals surface area contributed by atoms with Crippen LogP contribution in [0, 0.1) is 5.92 Å². The van der Waals surface area contributed by atoms with Crippen molar-refractivity contribution < 1.29 is 23.9 Å². The number of nitrogens with zero attached hydrogens (tertiary/aromatic N) is 3. The van der Waals surface area contributed by atoms with Gasteiger partial charge in [-0.2, -0.15) is 0 Å². The van der Waals surface area contributed by atoms with Crippen LogP contribution in [0.1, 0.15) is 78.0 Å². The van der Waals surface area contributed by atoms with Crippen LogP contribution in [0.4, 0.5) is 0 Å². The molecule has 4 atom stereocenters. The lowest BCUT2D eigenvalue weighted by Crippen LogP contribution is -2.52. The molecule has 44 heavy (non-hydrogen) atoms. The van der Waals surface area contributed by atoms with Crippen molar-refractivity contribution in [3.8, 4) is 5.75 Å². The zero-order valence-electron chi connectivity index (χ0n) is 25.3. The molecule has 1 unspecified atom stereocenters. The van der Waals surface area contributed by atoms with Crippen molar-refractivity contribution in [1.29, 1.82) is 0 Å². The molecule has 0 radical (unpaired) electrons. The zero-order valence-corrected chi connectivity index (χ0v) is 25.3. The number of fused-ring (bicyclic) bond motifs is 2. The number of pyridine rings is 1. The fourth-order valence-electron chi connectivity index (χ4n) is 7.57. The fraction of sp³-hybridized carbons (Fsp3) is 0.486. The number of benzene rings is 2. The maximum Gasteiger partial charge on any atom is 0.255 e. The quantitative estimate of drug-likeness (QED) is 0.380. The molecule has 4 heterocycles. The molecule has 0 bridgehead atoms. The predicted octanol–water partition coefficient (Wildman–Crippen LogP) is 4.57. The minimum Gasteiger partial charge on any atom is -0.489 e. The Morgan fingerprint density at radius 1 is 1.00 bits per heavy atom. The standard InChI is InChI=1S/C35H40N4O5/c1-43-21-23-3-2-4-24(16-23)31-10-6-25-15-22(5-9-30(25)36-31)18-38-14-13-28(20-38)44-27-7-8-29-26(17-27)19-39(35(29)42)32-11-12-33(40)37-34(32)41/h5-10,15,17,23-24,28,32H,2-4,11-14,16,18-21H2,1H3,(H,37,40,41)/t23-,24-,28+,32?/m1/s1. The first-order valence-electron chi connectivity index (χ1n) is 16.0. The summed E-state index contributed by atoms with van der Waals surface area (Å²) in [5.41, 5.74) is 5.01. The Hall–Kier alpha value is -3.82. The highest BCUT2D eigenvalue weighted by molar-refractivity contribution is 6.05. The Labute approximate surface area is 257 Å². The lowest BCUT2D eigenvalue weighted by Gasteiger charge is -2.29. The van der Waals surface area contributed by atoms with Gasteiger partial charge in [0.2, 0.25) is 11.8 Å². The van der Waals surface area contributed by atoms with Crippen LogP contribution in [0.15, 0.2) is 48.5 Å². The lowest BCUT2D eigenvalue weighted by molar-refractivity contribution is -0.136. The number of nitrogens with one attached hydrogen (secondary N) is 1. The first-order valence-corrected chi connectivity index (χ1v) is 16.0. The summed E-state index contributed by atoms with van der Waals surface area (Å²) in [6.07, 6.45) is 6.47. The topological polar surface area (TPSA) is 101 Å². The minimum absolute atomic E-state index is 0.0681. The van der Waals surface area contributed by atoms with Crippen molar-refractivity contribution in [3.05, 3.63) is 70.9 Å². The van der Waals surface area contributed by atoms with Gasteiger partial charge in [-0.05, 0) is 85.5 Å². The molecule has 2 saturated heterocycles. The maximum atomic E-state index is 13.0. The molecule has 3 aromatic rings. The first-order chi connectivity index (χ1) is 21.4. The molecule has 9 nitrogen and oxygen atoms in total. The van der Waals surface area contributed by atoms with E-state index >= 15 is 0 Å². The van der Waals surface area contributed by atoms with Crippen molar-refractivity contribution >= 4 is 28.6 Å². The van der Waals surface area contributed by atoms with Crippen molar-refractivity contribution in [2.24, 2.45) is 5.92 Å². The molecule has 2 aromatic carbocycles. The van der Waals surface area contributed by atoms with Gasteiger partial charge in [0.1, 0.15) is 17.9 Å². The van der Waals surface area contributed by atoms with Gasteiger partial charge in [-0.3, -0.25) is 29.6 Å². The first kappa shape index (κ1) is 28.9. The Bertz CT molecular complexity index is 1590. The highest BCUT2D eigenvalue weighted by Crippen LogP contribution is 2.36. The van der Waals surface area contributed by atoms with Crippen LogP contribution >= 0.6 is 0 Å². The van der Waals surface area contributed by atoms with Crippen LogP contribution < -0.4 is 10.1 Å². The number of methoxy groups -OCH3 is 1. The molecule has 7 rings (SSSR count). The number of carbonyl (C=O) groups is 3. The molecule has 230 valence electrons. The monoisotopic (exact) mass is 596 g/mol. The summed E-state index contributed by atoms with van der Waals surface area (Å²) < 4.78 is 11.8. The molecule has 1 aliphatic carbocycles. The van der Waals surface area contributed by atoms with E-state index < -0.39 is 11.9 Å². The van der Waals surface area contributed by atoms with E-state index in [1.807, 2.05) is 12.1 Å². The van der Waals surface area contributed by atoms with E-state index in [1.165, 1.54) is 35.9 Å². The molecule has 1 N–H and O–H groups in total. The molecule has 3 amide bonds. The van der Waals surface area contributed by atoms with Gasteiger partial charge in [-0.25, -0.2) is 0 Å². The van der Waals surface area contributed by atoms with Gasteiger partial charge in [0.25, 0.3) is 5.91 Å². The van der Waals surface area contributed by atoms with Crippen LogP contribution in [-0.2, 0) is 27.4 Å². The summed E-state index contributed by atoms with van der Waals surface area (Å²) in [4.78, 5) is 46.0. The van der Waals surface area contributed by atoms with Gasteiger partial charge < -0.3 is 14.4 Å². The largest absolute Gasteiger partial charge is 0.489 e. The average molecular weight is 597 g/mol. The number of carbonyl (C=O) groups excluding carboxylic acids is 3. The van der Waals surface area contributed by atoms with E-state index in [2.05, 4.69) is 40.5 Å². The molecular formula is C35H40N4O5. The number of aromatic nitrogens is 1. The Balaban J connectivity index is 0.947. The number of hydrogen-bond donors (Lipinski definition) is 1. The molecule has 1 saturated carbocycles. The summed E-state index contributed by atoms with van der Waals surface area (Å²) in [6.45, 7) is 3.84. The summed E-state index contributed by atoms with van der Waals surface area (Å²) in [5.74, 6) is 1.05. The molecular weight excluding hydrogens is 556 g/mol. The molecule has 0 spiro atoms. The summed E-state index contributed by atoms with van der Waals surface area (Å²) in [5, 5.41) is 3.54. The second kappa shape index (κ2) is 12.3. The SMILES string of the molecule is COC[C@@H]1CCC[C@@H](c2ccc3cc(CN4CC[C@H](Oc5ccc6c(c5)CN(C5CCC(=O)NC5=O)C6=O)C4)ccc3n2)C1. The molecule has 3 aliphatic heterocycles. The second-order valence-corrected chi connectivity index (χ2v) is 12.9. The Kier molecular flexibility index (Phi) is 8.08. The number of ether oxygens (including phenoxy) is 2. The Morgan fingerprint density at radius 3 is 2.77 bits per heavy atom. The number of imide groups is 1. The number of hydrogen-bond acceptors (Lipinski definition) is 7. The van der Waals surface area contributed by atoms with E-state index in [0.29, 0.717) is 30.4 Å². The lowest BCUT2D eigenvalue weighted by atomic mass is 9.80. The van der Waals surface area contributed by atoms with Gasteiger partial charge in [-0.1, -0.05) is 18.6 Å². The van der Waals surface area contributed by atoms with Gasteiger partial charge in [0, 0.05) is 68.9 Å². The smallest absolute Gasteiger partial charge is 0.255 e. The van der Waals surface area contributed by atoms with E-state index in [4.69, 9.17) is 14.5 Å². The average Bonchev–Trinajstić information content (AvgIpc) is 3.60. The van der Waals surface area contributed by atoms with E-state index in [9.17, 15) is 14.4 Å². The third-order valence-corrected chi connectivity index (χ3v) is 9.81. The highest BCUT2D eigenvalue weighted by atomic mass is 16.5. The van der Waals surface area contributed by atoms with Crippen molar-refractivity contribution in [3.63, 3.8) is 0 Å². The van der Waals surface area contributed by atoms with Crippen molar-refractivity contribution in [1.82, 2.24) is 20.1 Å². The van der Waals surface area contributed by atoms with Gasteiger partial charge >= 0.3 is 0 Å². The van der Waals surface area contributed by atoms with E-state index in [0.717, 1.165) is 55.9 Å². The molecule has 1 aromatic heterocycles. The second-order valence-electron chi connectivity index (χ2n) is 12.9. The van der Waals surface area contributed by atoms with Crippen LogP contribution in [-0.4, -0.2) is 71.5 Å². The number of amides is 3. The number of likely N-dealkylation sites (tertiary alicyclic amines) is 1. The van der Waals surface area contributed by atoms with Crippen LogP contribution in [0.25, 0.3) is 10.9 Å². The Morgan fingerprint density at radius 2 is 1.91 bits per heavy atom. The van der Waals surface area contributed by atoms with Crippen molar-refractivity contribution in [2.45, 2.75) is 76.1 Å². The van der Waals surface area contributed by atoms with Crippen LogP contribution in [0.3, 0.4) is 0 Å². The summed E-state index contributed by atoms with van der Waals surface area (Å²) >= 11 is 0. The predicted molar refractivity (Wildman–Crippen MR) is 165 cm³/mol.